The summed E-state index contributed by atoms with van der Waals surface area (Å²) in [5.41, 5.74) is 1.10. The van der Waals surface area contributed by atoms with E-state index in [0.717, 1.165) is 49.4 Å². The Kier molecular flexibility index (Phi) is 5.89. The second kappa shape index (κ2) is 8.61. The molecule has 0 bridgehead atoms. The molecule has 0 radical (unpaired) electrons. The van der Waals surface area contributed by atoms with Crippen molar-refractivity contribution in [3.8, 4) is 0 Å². The molecule has 1 aromatic carbocycles. The summed E-state index contributed by atoms with van der Waals surface area (Å²) in [6.07, 6.45) is 0.604. The Labute approximate surface area is 178 Å². The number of imidazole rings is 1. The Morgan fingerprint density at radius 3 is 2.48 bits per heavy atom. The van der Waals surface area contributed by atoms with Crippen LogP contribution in [0.4, 0.5) is 19.0 Å². The van der Waals surface area contributed by atoms with Crippen LogP contribution in [0.1, 0.15) is 54.2 Å². The van der Waals surface area contributed by atoms with Crippen molar-refractivity contribution in [2.75, 3.05) is 5.32 Å². The van der Waals surface area contributed by atoms with Crippen molar-refractivity contribution in [2.24, 2.45) is 0 Å². The molecule has 2 aromatic heterocycles. The molecule has 31 heavy (non-hydrogen) atoms. The zero-order chi connectivity index (χ0) is 22.0. The standard InChI is InChI=1S/C23H25F3N4O/c1-2-15-6-3-4-7-18(15)22(31)28-17-12-10-16(11-13-17)27-20-8-5-9-21-29-19(14-30(20)21)23(24,25)26/h3-9,14,16-17,27H,2,10-13H2,1H3,(H,28,31). The van der Waals surface area contributed by atoms with Crippen molar-refractivity contribution < 1.29 is 18.0 Å². The highest BCUT2D eigenvalue weighted by atomic mass is 19.4. The van der Waals surface area contributed by atoms with Gasteiger partial charge in [-0.05, 0) is 55.9 Å². The quantitative estimate of drug-likeness (QED) is 0.594. The lowest BCUT2D eigenvalue weighted by Gasteiger charge is -2.30. The molecule has 0 atom stereocenters. The number of nitrogens with zero attached hydrogens (tertiary/aromatic N) is 2. The summed E-state index contributed by atoms with van der Waals surface area (Å²) in [4.78, 5) is 16.3. The van der Waals surface area contributed by atoms with Crippen molar-refractivity contribution in [3.63, 3.8) is 0 Å². The second-order valence-corrected chi connectivity index (χ2v) is 7.94. The number of hydrogen-bond acceptors (Lipinski definition) is 3. The van der Waals surface area contributed by atoms with Crippen molar-refractivity contribution in [1.29, 1.82) is 0 Å². The molecule has 3 aromatic rings. The van der Waals surface area contributed by atoms with Crippen molar-refractivity contribution in [3.05, 3.63) is 65.5 Å². The number of amides is 1. The van der Waals surface area contributed by atoms with Crippen LogP contribution in [-0.4, -0.2) is 27.4 Å². The van der Waals surface area contributed by atoms with Gasteiger partial charge >= 0.3 is 6.18 Å². The maximum Gasteiger partial charge on any atom is 0.434 e. The molecule has 1 saturated carbocycles. The number of hydrogen-bond donors (Lipinski definition) is 2. The highest BCUT2D eigenvalue weighted by Crippen LogP contribution is 2.30. The Morgan fingerprint density at radius 1 is 1.06 bits per heavy atom. The van der Waals surface area contributed by atoms with E-state index in [1.807, 2.05) is 31.2 Å². The third-order valence-corrected chi connectivity index (χ3v) is 5.84. The fraction of sp³-hybridized carbons (Fsp3) is 0.391. The number of aryl methyl sites for hydroxylation is 1. The van der Waals surface area contributed by atoms with Gasteiger partial charge in [-0.2, -0.15) is 13.2 Å². The van der Waals surface area contributed by atoms with Gasteiger partial charge in [0.2, 0.25) is 0 Å². The number of anilines is 1. The number of aromatic nitrogens is 2. The Balaban J connectivity index is 1.37. The van der Waals surface area contributed by atoms with E-state index in [4.69, 9.17) is 0 Å². The van der Waals surface area contributed by atoms with Crippen LogP contribution in [0.15, 0.2) is 48.7 Å². The minimum atomic E-state index is -4.48. The third kappa shape index (κ3) is 4.68. The number of fused-ring (bicyclic) bond motifs is 1. The second-order valence-electron chi connectivity index (χ2n) is 7.94. The molecule has 0 unspecified atom stereocenters. The minimum absolute atomic E-state index is 0.0447. The van der Waals surface area contributed by atoms with Gasteiger partial charge in [0.15, 0.2) is 5.69 Å². The summed E-state index contributed by atoms with van der Waals surface area (Å²) < 4.78 is 40.5. The third-order valence-electron chi connectivity index (χ3n) is 5.84. The predicted molar refractivity (Wildman–Crippen MR) is 113 cm³/mol. The smallest absolute Gasteiger partial charge is 0.368 e. The lowest BCUT2D eigenvalue weighted by Crippen LogP contribution is -2.40. The molecule has 2 N–H and O–H groups in total. The van der Waals surface area contributed by atoms with Crippen LogP contribution < -0.4 is 10.6 Å². The average Bonchev–Trinajstić information content (AvgIpc) is 3.21. The van der Waals surface area contributed by atoms with E-state index in [1.165, 1.54) is 4.40 Å². The maximum atomic E-state index is 13.0. The lowest BCUT2D eigenvalue weighted by molar-refractivity contribution is -0.140. The first-order chi connectivity index (χ1) is 14.8. The summed E-state index contributed by atoms with van der Waals surface area (Å²) in [6, 6.07) is 12.8. The summed E-state index contributed by atoms with van der Waals surface area (Å²) in [6.45, 7) is 2.03. The number of benzene rings is 1. The first kappa shape index (κ1) is 21.2. The van der Waals surface area contributed by atoms with E-state index in [9.17, 15) is 18.0 Å². The predicted octanol–water partition coefficient (Wildman–Crippen LogP) is 5.07. The van der Waals surface area contributed by atoms with Gasteiger partial charge in [-0.15, -0.1) is 0 Å². The van der Waals surface area contributed by atoms with Gasteiger partial charge < -0.3 is 10.6 Å². The van der Waals surface area contributed by atoms with E-state index in [1.54, 1.807) is 18.2 Å². The highest BCUT2D eigenvalue weighted by molar-refractivity contribution is 5.95. The normalized spacial score (nSPS) is 19.4. The van der Waals surface area contributed by atoms with Crippen LogP contribution in [0.3, 0.4) is 0 Å². The van der Waals surface area contributed by atoms with E-state index >= 15 is 0 Å². The molecule has 1 aliphatic rings. The largest absolute Gasteiger partial charge is 0.434 e. The molecule has 5 nitrogen and oxygen atoms in total. The molecule has 1 fully saturated rings. The van der Waals surface area contributed by atoms with E-state index < -0.39 is 11.9 Å². The lowest BCUT2D eigenvalue weighted by atomic mass is 9.90. The van der Waals surface area contributed by atoms with Crippen LogP contribution in [-0.2, 0) is 12.6 Å². The van der Waals surface area contributed by atoms with Gasteiger partial charge in [-0.25, -0.2) is 4.98 Å². The highest BCUT2D eigenvalue weighted by Gasteiger charge is 2.34. The number of carbonyl (C=O) groups excluding carboxylic acids is 1. The van der Waals surface area contributed by atoms with Crippen LogP contribution in [0, 0.1) is 0 Å². The van der Waals surface area contributed by atoms with E-state index in [-0.39, 0.29) is 23.6 Å². The van der Waals surface area contributed by atoms with E-state index in [2.05, 4.69) is 15.6 Å². The first-order valence-electron chi connectivity index (χ1n) is 10.6. The molecule has 164 valence electrons. The van der Waals surface area contributed by atoms with Crippen LogP contribution in [0.2, 0.25) is 0 Å². The summed E-state index contributed by atoms with van der Waals surface area (Å²) in [5, 5.41) is 6.49. The van der Waals surface area contributed by atoms with Crippen LogP contribution >= 0.6 is 0 Å². The molecule has 1 aliphatic carbocycles. The number of carbonyl (C=O) groups is 1. The number of halogens is 3. The molecule has 0 spiro atoms. The molecule has 0 aliphatic heterocycles. The van der Waals surface area contributed by atoms with Gasteiger partial charge in [0.05, 0.1) is 0 Å². The van der Waals surface area contributed by atoms with Crippen LogP contribution in [0.5, 0.6) is 0 Å². The Hall–Kier alpha value is -3.03. The van der Waals surface area contributed by atoms with Gasteiger partial charge in [0.1, 0.15) is 11.5 Å². The molecule has 4 rings (SSSR count). The zero-order valence-corrected chi connectivity index (χ0v) is 17.2. The molecule has 2 heterocycles. The maximum absolute atomic E-state index is 13.0. The van der Waals surface area contributed by atoms with Crippen LogP contribution in [0.25, 0.3) is 5.65 Å². The van der Waals surface area contributed by atoms with Gasteiger partial charge in [0.25, 0.3) is 5.91 Å². The van der Waals surface area contributed by atoms with Crippen molar-refractivity contribution in [2.45, 2.75) is 57.3 Å². The fourth-order valence-electron chi connectivity index (χ4n) is 4.17. The SMILES string of the molecule is CCc1ccccc1C(=O)NC1CCC(Nc2cccc3nc(C(F)(F)F)cn23)CC1. The van der Waals surface area contributed by atoms with Crippen molar-refractivity contribution in [1.82, 2.24) is 14.7 Å². The Morgan fingerprint density at radius 2 is 1.77 bits per heavy atom. The minimum Gasteiger partial charge on any atom is -0.368 e. The van der Waals surface area contributed by atoms with Gasteiger partial charge in [0, 0.05) is 23.8 Å². The zero-order valence-electron chi connectivity index (χ0n) is 17.2. The number of pyridine rings is 1. The summed E-state index contributed by atoms with van der Waals surface area (Å²) in [7, 11) is 0. The molecule has 8 heteroatoms. The number of rotatable bonds is 5. The average molecular weight is 430 g/mol. The number of nitrogens with one attached hydrogen (secondary N) is 2. The molecule has 1 amide bonds. The topological polar surface area (TPSA) is 58.4 Å². The molecular weight excluding hydrogens is 405 g/mol. The monoisotopic (exact) mass is 430 g/mol. The van der Waals surface area contributed by atoms with Gasteiger partial charge in [-0.1, -0.05) is 31.2 Å². The van der Waals surface area contributed by atoms with Crippen molar-refractivity contribution >= 4 is 17.4 Å². The Bertz CT molecular complexity index is 1070. The number of alkyl halides is 3. The van der Waals surface area contributed by atoms with Gasteiger partial charge in [-0.3, -0.25) is 9.20 Å². The first-order valence-corrected chi connectivity index (χ1v) is 10.6. The summed E-state index contributed by atoms with van der Waals surface area (Å²) >= 11 is 0. The van der Waals surface area contributed by atoms with E-state index in [0.29, 0.717) is 5.82 Å². The summed E-state index contributed by atoms with van der Waals surface area (Å²) in [5.74, 6) is 0.543. The molecule has 0 saturated heterocycles. The fourth-order valence-corrected chi connectivity index (χ4v) is 4.17. The molecular formula is C23H25F3N4O.